The Hall–Kier alpha value is -1.69. The first kappa shape index (κ1) is 10.3. The maximum absolute atomic E-state index is 11.8. The average Bonchev–Trinajstić information content (AvgIpc) is 2.92. The highest BCUT2D eigenvalue weighted by Crippen LogP contribution is 2.37. The van der Waals surface area contributed by atoms with E-state index in [2.05, 4.69) is 22.0 Å². The second-order valence-corrected chi connectivity index (χ2v) is 6.09. The van der Waals surface area contributed by atoms with Crippen LogP contribution in [-0.2, 0) is 12.8 Å². The van der Waals surface area contributed by atoms with Gasteiger partial charge >= 0.3 is 5.69 Å². The number of thiophene rings is 1. The van der Waals surface area contributed by atoms with E-state index in [9.17, 15) is 4.79 Å². The zero-order chi connectivity index (χ0) is 12.3. The number of hydrogen-bond acceptors (Lipinski definition) is 4. The molecule has 5 nitrogen and oxygen atoms in total. The number of nitrogens with zero attached hydrogens (tertiary/aromatic N) is 3. The van der Waals surface area contributed by atoms with Crippen LogP contribution in [0.1, 0.15) is 23.8 Å². The van der Waals surface area contributed by atoms with E-state index in [-0.39, 0.29) is 5.69 Å². The summed E-state index contributed by atoms with van der Waals surface area (Å²) in [6.45, 7) is 2.28. The van der Waals surface area contributed by atoms with E-state index in [0.29, 0.717) is 11.6 Å². The Labute approximate surface area is 106 Å². The predicted molar refractivity (Wildman–Crippen MR) is 70.2 cm³/mol. The summed E-state index contributed by atoms with van der Waals surface area (Å²) in [6.07, 6.45) is 4.86. The Morgan fingerprint density at radius 2 is 2.44 bits per heavy atom. The van der Waals surface area contributed by atoms with Gasteiger partial charge in [0.2, 0.25) is 0 Å². The van der Waals surface area contributed by atoms with Crippen LogP contribution in [0, 0.1) is 5.92 Å². The molecule has 1 aliphatic carbocycles. The van der Waals surface area contributed by atoms with Crippen LogP contribution in [0.4, 0.5) is 0 Å². The first-order chi connectivity index (χ1) is 8.74. The molecule has 1 atom stereocenters. The van der Waals surface area contributed by atoms with Crippen LogP contribution >= 0.6 is 11.3 Å². The van der Waals surface area contributed by atoms with Gasteiger partial charge in [0.15, 0.2) is 5.65 Å². The molecular weight excluding hydrogens is 248 g/mol. The molecule has 3 aromatic heterocycles. The standard InChI is InChI=1S/C12H12N4OS/c1-6-2-3-8-7(4-6)9-10-13-5-14-16(10)12(17)15-11(9)18-8/h5-6H,2-4H2,1H3,(H,15,17)/t6-/m0/s1. The molecule has 4 rings (SSSR count). The van der Waals surface area contributed by atoms with Crippen molar-refractivity contribution in [2.45, 2.75) is 26.2 Å². The van der Waals surface area contributed by atoms with E-state index in [1.54, 1.807) is 11.3 Å². The molecule has 0 saturated heterocycles. The molecule has 0 aromatic carbocycles. The fraction of sp³-hybridized carbons (Fsp3) is 0.417. The predicted octanol–water partition coefficient (Wildman–Crippen LogP) is 1.76. The molecule has 92 valence electrons. The van der Waals surface area contributed by atoms with Crippen molar-refractivity contribution in [2.24, 2.45) is 5.92 Å². The summed E-state index contributed by atoms with van der Waals surface area (Å²) in [6, 6.07) is 0. The lowest BCUT2D eigenvalue weighted by atomic mass is 9.89. The topological polar surface area (TPSA) is 63.0 Å². The molecule has 0 spiro atoms. The van der Waals surface area contributed by atoms with E-state index in [1.165, 1.54) is 27.7 Å². The molecule has 0 saturated carbocycles. The zero-order valence-corrected chi connectivity index (χ0v) is 10.8. The van der Waals surface area contributed by atoms with Gasteiger partial charge < -0.3 is 0 Å². The number of rotatable bonds is 0. The normalized spacial score (nSPS) is 19.5. The van der Waals surface area contributed by atoms with Crippen LogP contribution in [0.15, 0.2) is 11.1 Å². The van der Waals surface area contributed by atoms with Gasteiger partial charge in [0.25, 0.3) is 0 Å². The van der Waals surface area contributed by atoms with Gasteiger partial charge in [-0.1, -0.05) is 6.92 Å². The van der Waals surface area contributed by atoms with Crippen molar-refractivity contribution in [3.8, 4) is 0 Å². The molecule has 0 amide bonds. The number of hydrogen-bond donors (Lipinski definition) is 1. The molecule has 1 N–H and O–H groups in total. The van der Waals surface area contributed by atoms with Crippen LogP contribution < -0.4 is 5.69 Å². The summed E-state index contributed by atoms with van der Waals surface area (Å²) in [5.41, 5.74) is 1.85. The summed E-state index contributed by atoms with van der Waals surface area (Å²) < 4.78 is 1.36. The van der Waals surface area contributed by atoms with Crippen molar-refractivity contribution in [3.63, 3.8) is 0 Å². The highest BCUT2D eigenvalue weighted by molar-refractivity contribution is 7.19. The molecule has 0 aliphatic heterocycles. The van der Waals surface area contributed by atoms with Gasteiger partial charge in [-0.05, 0) is 30.7 Å². The number of aryl methyl sites for hydroxylation is 1. The SMILES string of the molecule is C[C@H]1CCc2sc3[nH]c(=O)n4ncnc4c3c2C1. The van der Waals surface area contributed by atoms with Gasteiger partial charge in [-0.3, -0.25) is 4.98 Å². The molecule has 0 fully saturated rings. The first-order valence-electron chi connectivity index (χ1n) is 6.10. The fourth-order valence-corrected chi connectivity index (χ4v) is 4.02. The molecule has 3 heterocycles. The van der Waals surface area contributed by atoms with Gasteiger partial charge in [0.1, 0.15) is 11.2 Å². The largest absolute Gasteiger partial charge is 0.349 e. The molecule has 0 radical (unpaired) electrons. The Kier molecular flexibility index (Phi) is 1.94. The lowest BCUT2D eigenvalue weighted by Gasteiger charge is -2.17. The second kappa shape index (κ2) is 3.41. The van der Waals surface area contributed by atoms with E-state index in [4.69, 9.17) is 0 Å². The summed E-state index contributed by atoms with van der Waals surface area (Å²) in [5, 5.41) is 5.08. The minimum absolute atomic E-state index is 0.207. The zero-order valence-electron chi connectivity index (χ0n) is 9.93. The Morgan fingerprint density at radius 3 is 3.33 bits per heavy atom. The van der Waals surface area contributed by atoms with Gasteiger partial charge in [-0.2, -0.15) is 9.61 Å². The molecule has 0 bridgehead atoms. The lowest BCUT2D eigenvalue weighted by molar-refractivity contribution is 0.508. The van der Waals surface area contributed by atoms with Crippen LogP contribution in [0.25, 0.3) is 15.9 Å². The summed E-state index contributed by atoms with van der Waals surface area (Å²) in [5.74, 6) is 0.699. The Morgan fingerprint density at radius 1 is 1.56 bits per heavy atom. The van der Waals surface area contributed by atoms with E-state index in [0.717, 1.165) is 23.1 Å². The number of aromatic amines is 1. The Bertz CT molecular complexity index is 813. The molecular formula is C12H12N4OS. The van der Waals surface area contributed by atoms with Crippen LogP contribution in [0.2, 0.25) is 0 Å². The average molecular weight is 260 g/mol. The van der Waals surface area contributed by atoms with Crippen molar-refractivity contribution < 1.29 is 0 Å². The maximum atomic E-state index is 11.8. The summed E-state index contributed by atoms with van der Waals surface area (Å²) >= 11 is 1.70. The van der Waals surface area contributed by atoms with E-state index in [1.807, 2.05) is 0 Å². The molecule has 18 heavy (non-hydrogen) atoms. The number of H-pyrrole nitrogens is 1. The first-order valence-corrected chi connectivity index (χ1v) is 6.92. The third-order valence-electron chi connectivity index (χ3n) is 3.69. The number of fused-ring (bicyclic) bond motifs is 5. The summed E-state index contributed by atoms with van der Waals surface area (Å²) in [7, 11) is 0. The van der Waals surface area contributed by atoms with Crippen molar-refractivity contribution in [2.75, 3.05) is 0 Å². The van der Waals surface area contributed by atoms with Crippen LogP contribution in [0.3, 0.4) is 0 Å². The number of nitrogens with one attached hydrogen (secondary N) is 1. The van der Waals surface area contributed by atoms with E-state index >= 15 is 0 Å². The van der Waals surface area contributed by atoms with Crippen LogP contribution in [0.5, 0.6) is 0 Å². The summed E-state index contributed by atoms with van der Waals surface area (Å²) in [4.78, 5) is 21.4. The van der Waals surface area contributed by atoms with Gasteiger partial charge in [0, 0.05) is 4.88 Å². The second-order valence-electron chi connectivity index (χ2n) is 4.98. The highest BCUT2D eigenvalue weighted by Gasteiger charge is 2.23. The minimum Gasteiger partial charge on any atom is -0.297 e. The lowest BCUT2D eigenvalue weighted by Crippen LogP contribution is -2.17. The smallest absolute Gasteiger partial charge is 0.297 e. The minimum atomic E-state index is -0.207. The number of aromatic nitrogens is 4. The van der Waals surface area contributed by atoms with Gasteiger partial charge in [0.05, 0.1) is 5.39 Å². The molecule has 6 heteroatoms. The van der Waals surface area contributed by atoms with Crippen molar-refractivity contribution in [3.05, 3.63) is 27.3 Å². The molecule has 1 aliphatic rings. The maximum Gasteiger partial charge on any atom is 0.349 e. The molecule has 3 aromatic rings. The van der Waals surface area contributed by atoms with Gasteiger partial charge in [-0.15, -0.1) is 11.3 Å². The monoisotopic (exact) mass is 260 g/mol. The highest BCUT2D eigenvalue weighted by atomic mass is 32.1. The quantitative estimate of drug-likeness (QED) is 0.670. The third-order valence-corrected chi connectivity index (χ3v) is 4.90. The van der Waals surface area contributed by atoms with Crippen LogP contribution in [-0.4, -0.2) is 19.6 Å². The van der Waals surface area contributed by atoms with Crippen molar-refractivity contribution >= 4 is 27.2 Å². The van der Waals surface area contributed by atoms with Crippen molar-refractivity contribution in [1.82, 2.24) is 19.6 Å². The fourth-order valence-electron chi connectivity index (χ4n) is 2.79. The Balaban J connectivity index is 2.19. The molecule has 0 unspecified atom stereocenters. The third kappa shape index (κ3) is 1.23. The van der Waals surface area contributed by atoms with Gasteiger partial charge in [-0.25, -0.2) is 9.78 Å². The van der Waals surface area contributed by atoms with E-state index < -0.39 is 0 Å². The van der Waals surface area contributed by atoms with Crippen molar-refractivity contribution in [1.29, 1.82) is 0 Å².